The molecule has 0 bridgehead atoms. The van der Waals surface area contributed by atoms with Crippen molar-refractivity contribution >= 4 is 28.3 Å². The maximum absolute atomic E-state index is 12.5. The van der Waals surface area contributed by atoms with Crippen LogP contribution in [0.3, 0.4) is 0 Å². The van der Waals surface area contributed by atoms with Crippen LogP contribution in [0.2, 0.25) is 0 Å². The molecule has 3 aromatic heterocycles. The Morgan fingerprint density at radius 3 is 2.92 bits per heavy atom. The van der Waals surface area contributed by atoms with Crippen molar-refractivity contribution < 1.29 is 9.21 Å². The largest absolute Gasteiger partial charge is 0.472 e. The molecule has 4 N–H and O–H groups in total. The van der Waals surface area contributed by atoms with Crippen LogP contribution in [0.1, 0.15) is 10.4 Å². The second-order valence-corrected chi connectivity index (χ2v) is 5.38. The molecule has 0 saturated heterocycles. The van der Waals surface area contributed by atoms with Gasteiger partial charge in [0.1, 0.15) is 5.65 Å². The minimum Gasteiger partial charge on any atom is -0.472 e. The summed E-state index contributed by atoms with van der Waals surface area (Å²) in [6.45, 7) is 0. The molecule has 4 rings (SSSR count). The van der Waals surface area contributed by atoms with Crippen molar-refractivity contribution in [2.24, 2.45) is 0 Å². The molecule has 0 aliphatic rings. The number of para-hydroxylation sites is 2. The lowest BCUT2D eigenvalue weighted by atomic mass is 10.1. The average molecular weight is 318 g/mol. The lowest BCUT2D eigenvalue weighted by Gasteiger charge is -2.07. The summed E-state index contributed by atoms with van der Waals surface area (Å²) in [4.78, 5) is 19.9. The van der Waals surface area contributed by atoms with E-state index in [1.165, 1.54) is 6.20 Å². The van der Waals surface area contributed by atoms with Gasteiger partial charge in [-0.3, -0.25) is 4.79 Å². The van der Waals surface area contributed by atoms with Gasteiger partial charge in [0.15, 0.2) is 0 Å². The number of aromatic nitrogens is 2. The number of hydrogen-bond donors (Lipinski definition) is 3. The summed E-state index contributed by atoms with van der Waals surface area (Å²) in [7, 11) is 0. The van der Waals surface area contributed by atoms with Gasteiger partial charge in [0.25, 0.3) is 5.91 Å². The smallest absolute Gasteiger partial charge is 0.257 e. The number of nitrogen functional groups attached to an aromatic ring is 1. The molecule has 0 spiro atoms. The van der Waals surface area contributed by atoms with Gasteiger partial charge >= 0.3 is 0 Å². The van der Waals surface area contributed by atoms with Gasteiger partial charge in [0, 0.05) is 28.9 Å². The summed E-state index contributed by atoms with van der Waals surface area (Å²) in [5, 5.41) is 3.66. The van der Waals surface area contributed by atoms with Gasteiger partial charge < -0.3 is 20.5 Å². The van der Waals surface area contributed by atoms with Crippen LogP contribution in [0.15, 0.2) is 65.7 Å². The first-order chi connectivity index (χ1) is 11.7. The second-order valence-electron chi connectivity index (χ2n) is 5.38. The fourth-order valence-electron chi connectivity index (χ4n) is 2.59. The first-order valence-corrected chi connectivity index (χ1v) is 7.38. The number of anilines is 2. The number of nitrogens with one attached hydrogen (secondary N) is 2. The number of amides is 1. The molecule has 0 aliphatic carbocycles. The Balaban J connectivity index is 1.71. The fraction of sp³-hybridized carbons (Fsp3) is 0. The number of benzene rings is 1. The summed E-state index contributed by atoms with van der Waals surface area (Å²) in [6.07, 6.45) is 6.64. The number of pyridine rings is 1. The standard InChI is InChI=1S/C18H14N4O2/c19-15-3-1-2-4-16(15)22-18(23)12-7-13-14(11-5-6-24-10-11)9-21-17(13)20-8-12/h1-10H,19H2,(H,20,21)(H,22,23). The molecular weight excluding hydrogens is 304 g/mol. The van der Waals surface area contributed by atoms with E-state index >= 15 is 0 Å². The minimum atomic E-state index is -0.262. The maximum Gasteiger partial charge on any atom is 0.257 e. The SMILES string of the molecule is Nc1ccccc1NC(=O)c1cnc2[nH]cc(-c3ccoc3)c2c1. The number of carbonyl (C=O) groups is 1. The molecule has 0 saturated carbocycles. The van der Waals surface area contributed by atoms with E-state index < -0.39 is 0 Å². The summed E-state index contributed by atoms with van der Waals surface area (Å²) in [5.41, 5.74) is 9.97. The maximum atomic E-state index is 12.5. The van der Waals surface area contributed by atoms with Crippen LogP contribution in [0, 0.1) is 0 Å². The first kappa shape index (κ1) is 14.1. The highest BCUT2D eigenvalue weighted by molar-refractivity contribution is 6.08. The number of carbonyl (C=O) groups excluding carboxylic acids is 1. The number of furan rings is 1. The Hall–Kier alpha value is -3.54. The van der Waals surface area contributed by atoms with E-state index in [2.05, 4.69) is 15.3 Å². The van der Waals surface area contributed by atoms with E-state index in [1.807, 2.05) is 24.4 Å². The van der Waals surface area contributed by atoms with Crippen LogP contribution in [0.5, 0.6) is 0 Å². The normalized spacial score (nSPS) is 10.8. The monoisotopic (exact) mass is 318 g/mol. The molecule has 0 fully saturated rings. The summed E-state index contributed by atoms with van der Waals surface area (Å²) in [5.74, 6) is -0.262. The summed E-state index contributed by atoms with van der Waals surface area (Å²) >= 11 is 0. The van der Waals surface area contributed by atoms with E-state index in [9.17, 15) is 4.79 Å². The van der Waals surface area contributed by atoms with Crippen LogP contribution in [-0.4, -0.2) is 15.9 Å². The average Bonchev–Trinajstić information content (AvgIpc) is 3.25. The van der Waals surface area contributed by atoms with E-state index in [4.69, 9.17) is 10.2 Å². The Labute approximate surface area is 137 Å². The van der Waals surface area contributed by atoms with Crippen LogP contribution in [0.25, 0.3) is 22.2 Å². The predicted octanol–water partition coefficient (Wildman–Crippen LogP) is 3.66. The number of rotatable bonds is 3. The lowest BCUT2D eigenvalue weighted by molar-refractivity contribution is 0.102. The van der Waals surface area contributed by atoms with Crippen LogP contribution < -0.4 is 11.1 Å². The molecule has 118 valence electrons. The van der Waals surface area contributed by atoms with Crippen molar-refractivity contribution in [3.05, 3.63) is 66.9 Å². The van der Waals surface area contributed by atoms with Crippen molar-refractivity contribution in [3.8, 4) is 11.1 Å². The van der Waals surface area contributed by atoms with Crippen LogP contribution in [0.4, 0.5) is 11.4 Å². The van der Waals surface area contributed by atoms with Crippen LogP contribution in [-0.2, 0) is 0 Å². The number of aromatic amines is 1. The molecule has 0 unspecified atom stereocenters. The van der Waals surface area contributed by atoms with Gasteiger partial charge in [-0.25, -0.2) is 4.98 Å². The van der Waals surface area contributed by atoms with E-state index in [0.717, 1.165) is 16.5 Å². The summed E-state index contributed by atoms with van der Waals surface area (Å²) < 4.78 is 5.13. The quantitative estimate of drug-likeness (QED) is 0.502. The Morgan fingerprint density at radius 2 is 2.12 bits per heavy atom. The highest BCUT2D eigenvalue weighted by atomic mass is 16.3. The predicted molar refractivity (Wildman–Crippen MR) is 92.6 cm³/mol. The van der Waals surface area contributed by atoms with Crippen molar-refractivity contribution in [2.75, 3.05) is 11.1 Å². The molecule has 3 heterocycles. The highest BCUT2D eigenvalue weighted by Crippen LogP contribution is 2.28. The highest BCUT2D eigenvalue weighted by Gasteiger charge is 2.13. The van der Waals surface area contributed by atoms with E-state index in [1.54, 1.807) is 30.7 Å². The molecule has 6 nitrogen and oxygen atoms in total. The third-order valence-corrected chi connectivity index (χ3v) is 3.83. The second kappa shape index (κ2) is 5.58. The van der Waals surface area contributed by atoms with Gasteiger partial charge in [-0.15, -0.1) is 0 Å². The van der Waals surface area contributed by atoms with Crippen molar-refractivity contribution in [2.45, 2.75) is 0 Å². The molecule has 1 amide bonds. The minimum absolute atomic E-state index is 0.262. The molecular formula is C18H14N4O2. The van der Waals surface area contributed by atoms with E-state index in [0.29, 0.717) is 22.6 Å². The third-order valence-electron chi connectivity index (χ3n) is 3.83. The molecule has 1 aromatic carbocycles. The number of H-pyrrole nitrogens is 1. The van der Waals surface area contributed by atoms with E-state index in [-0.39, 0.29) is 5.91 Å². The molecule has 24 heavy (non-hydrogen) atoms. The van der Waals surface area contributed by atoms with Crippen molar-refractivity contribution in [3.63, 3.8) is 0 Å². The topological polar surface area (TPSA) is 96.9 Å². The zero-order valence-corrected chi connectivity index (χ0v) is 12.6. The zero-order chi connectivity index (χ0) is 16.5. The first-order valence-electron chi connectivity index (χ1n) is 7.38. The van der Waals surface area contributed by atoms with Crippen molar-refractivity contribution in [1.29, 1.82) is 0 Å². The summed E-state index contributed by atoms with van der Waals surface area (Å²) in [6, 6.07) is 10.8. The number of hydrogen-bond acceptors (Lipinski definition) is 4. The van der Waals surface area contributed by atoms with Gasteiger partial charge in [0.2, 0.25) is 0 Å². The number of nitrogens with two attached hydrogens (primary N) is 1. The third kappa shape index (κ3) is 2.40. The van der Waals surface area contributed by atoms with Crippen LogP contribution >= 0.6 is 0 Å². The number of fused-ring (bicyclic) bond motifs is 1. The molecule has 0 aliphatic heterocycles. The fourth-order valence-corrected chi connectivity index (χ4v) is 2.59. The van der Waals surface area contributed by atoms with Gasteiger partial charge in [-0.2, -0.15) is 0 Å². The molecule has 6 heteroatoms. The van der Waals surface area contributed by atoms with Gasteiger partial charge in [-0.05, 0) is 24.3 Å². The zero-order valence-electron chi connectivity index (χ0n) is 12.6. The van der Waals surface area contributed by atoms with Crippen molar-refractivity contribution in [1.82, 2.24) is 9.97 Å². The molecule has 0 atom stereocenters. The lowest BCUT2D eigenvalue weighted by Crippen LogP contribution is -2.13. The van der Waals surface area contributed by atoms with Gasteiger partial charge in [-0.1, -0.05) is 12.1 Å². The Morgan fingerprint density at radius 1 is 1.25 bits per heavy atom. The Kier molecular flexibility index (Phi) is 3.28. The Bertz CT molecular complexity index is 1020. The molecule has 0 radical (unpaired) electrons. The molecule has 4 aromatic rings. The number of nitrogens with zero attached hydrogens (tertiary/aromatic N) is 1. The van der Waals surface area contributed by atoms with Gasteiger partial charge in [0.05, 0.1) is 29.5 Å².